The van der Waals surface area contributed by atoms with E-state index in [0.717, 1.165) is 43.1 Å². The molecule has 1 aliphatic heterocycles. The summed E-state index contributed by atoms with van der Waals surface area (Å²) in [5.74, 6) is 1.26. The first kappa shape index (κ1) is 22.3. The van der Waals surface area contributed by atoms with Crippen molar-refractivity contribution in [3.8, 4) is 11.5 Å². The van der Waals surface area contributed by atoms with Crippen LogP contribution in [0.3, 0.4) is 0 Å². The van der Waals surface area contributed by atoms with Gasteiger partial charge in [0.25, 0.3) is 5.91 Å². The van der Waals surface area contributed by atoms with Gasteiger partial charge in [-0.3, -0.25) is 14.6 Å². The Morgan fingerprint density at radius 1 is 1.12 bits per heavy atom. The lowest BCUT2D eigenvalue weighted by molar-refractivity contribution is -0.114. The maximum absolute atomic E-state index is 13.3. The molecular weight excluding hydrogens is 426 g/mol. The average molecular weight is 454 g/mol. The highest BCUT2D eigenvalue weighted by atomic mass is 32.1. The maximum atomic E-state index is 13.3. The van der Waals surface area contributed by atoms with Crippen LogP contribution in [0.15, 0.2) is 48.5 Å². The predicted octanol–water partition coefficient (Wildman–Crippen LogP) is 3.69. The van der Waals surface area contributed by atoms with Crippen LogP contribution in [-0.4, -0.2) is 69.4 Å². The van der Waals surface area contributed by atoms with Gasteiger partial charge >= 0.3 is 0 Å². The van der Waals surface area contributed by atoms with Crippen LogP contribution >= 0.6 is 11.3 Å². The number of fused-ring (bicyclic) bond motifs is 1. The summed E-state index contributed by atoms with van der Waals surface area (Å²) >= 11 is 1.43. The molecule has 0 radical (unpaired) electrons. The van der Waals surface area contributed by atoms with Crippen LogP contribution in [0.25, 0.3) is 16.3 Å². The molecule has 168 valence electrons. The normalized spacial score (nSPS) is 14.7. The highest BCUT2D eigenvalue weighted by molar-refractivity contribution is 7.22. The van der Waals surface area contributed by atoms with Crippen molar-refractivity contribution in [2.24, 2.45) is 0 Å². The molecule has 1 aromatic heterocycles. The Hall–Kier alpha value is -2.94. The number of nitrogens with zero attached hydrogens (tertiary/aromatic N) is 3. The molecule has 0 saturated carbocycles. The third-order valence-electron chi connectivity index (χ3n) is 5.36. The highest BCUT2D eigenvalue weighted by Gasteiger charge is 2.22. The van der Waals surface area contributed by atoms with Crippen LogP contribution in [0.4, 0.5) is 5.13 Å². The van der Waals surface area contributed by atoms with Crippen LogP contribution in [0.1, 0.15) is 5.56 Å². The van der Waals surface area contributed by atoms with E-state index in [4.69, 9.17) is 19.2 Å². The number of hydrogen-bond donors (Lipinski definition) is 0. The van der Waals surface area contributed by atoms with Crippen molar-refractivity contribution in [3.63, 3.8) is 0 Å². The number of amides is 1. The molecule has 2 aromatic carbocycles. The summed E-state index contributed by atoms with van der Waals surface area (Å²) in [7, 11) is 3.24. The largest absolute Gasteiger partial charge is 0.495 e. The number of aromatic nitrogens is 1. The second-order valence-corrected chi connectivity index (χ2v) is 8.31. The van der Waals surface area contributed by atoms with Crippen LogP contribution in [-0.2, 0) is 9.53 Å². The molecule has 0 spiro atoms. The summed E-state index contributed by atoms with van der Waals surface area (Å²) in [4.78, 5) is 22.1. The van der Waals surface area contributed by atoms with Crippen molar-refractivity contribution in [1.82, 2.24) is 9.88 Å². The third kappa shape index (κ3) is 5.09. The first-order valence-corrected chi connectivity index (χ1v) is 11.4. The fourth-order valence-electron chi connectivity index (χ4n) is 3.58. The summed E-state index contributed by atoms with van der Waals surface area (Å²) in [6.07, 6.45) is 3.44. The molecule has 7 nitrogen and oxygen atoms in total. The zero-order valence-corrected chi connectivity index (χ0v) is 19.1. The number of thiazole rings is 1. The molecule has 0 unspecified atom stereocenters. The molecule has 3 aromatic rings. The predicted molar refractivity (Wildman–Crippen MR) is 128 cm³/mol. The fourth-order valence-corrected chi connectivity index (χ4v) is 4.68. The molecular formula is C24H27N3O4S. The Bertz CT molecular complexity index is 1040. The Morgan fingerprint density at radius 2 is 1.84 bits per heavy atom. The molecule has 1 amide bonds. The van der Waals surface area contributed by atoms with Crippen molar-refractivity contribution in [2.45, 2.75) is 0 Å². The van der Waals surface area contributed by atoms with Gasteiger partial charge in [0.15, 0.2) is 5.13 Å². The van der Waals surface area contributed by atoms with Gasteiger partial charge < -0.3 is 14.2 Å². The third-order valence-corrected chi connectivity index (χ3v) is 6.45. The van der Waals surface area contributed by atoms with E-state index in [1.54, 1.807) is 25.2 Å². The fraction of sp³-hybridized carbons (Fsp3) is 0.333. The van der Waals surface area contributed by atoms with Crippen molar-refractivity contribution in [1.29, 1.82) is 0 Å². The summed E-state index contributed by atoms with van der Waals surface area (Å²) in [6.45, 7) is 4.45. The lowest BCUT2D eigenvalue weighted by atomic mass is 10.2. The number of hydrogen-bond acceptors (Lipinski definition) is 7. The number of benzene rings is 2. The second kappa shape index (κ2) is 10.6. The van der Waals surface area contributed by atoms with E-state index in [-0.39, 0.29) is 5.91 Å². The Balaban J connectivity index is 1.64. The first-order chi connectivity index (χ1) is 15.7. The van der Waals surface area contributed by atoms with Crippen LogP contribution in [0.5, 0.6) is 11.5 Å². The highest BCUT2D eigenvalue weighted by Crippen LogP contribution is 2.40. The Kier molecular flexibility index (Phi) is 7.36. The SMILES string of the molecule is COc1ccc(OC)c2sc(N(CCN3CCOCC3)C(=O)C=Cc3ccccc3)nc12. The van der Waals surface area contributed by atoms with Gasteiger partial charge in [-0.05, 0) is 23.8 Å². The zero-order valence-electron chi connectivity index (χ0n) is 18.3. The van der Waals surface area contributed by atoms with Gasteiger partial charge in [-0.1, -0.05) is 41.7 Å². The van der Waals surface area contributed by atoms with Crippen molar-refractivity contribution in [3.05, 3.63) is 54.1 Å². The van der Waals surface area contributed by atoms with Gasteiger partial charge in [-0.15, -0.1) is 0 Å². The standard InChI is InChI=1S/C24H27N3O4S/c1-29-19-9-10-20(30-2)23-22(19)25-24(32-23)27(13-12-26-14-16-31-17-15-26)21(28)11-8-18-6-4-3-5-7-18/h3-11H,12-17H2,1-2H3. The van der Waals surface area contributed by atoms with Crippen LogP contribution < -0.4 is 14.4 Å². The molecule has 1 fully saturated rings. The molecule has 1 saturated heterocycles. The second-order valence-electron chi connectivity index (χ2n) is 7.33. The molecule has 0 bridgehead atoms. The van der Waals surface area contributed by atoms with Crippen molar-refractivity contribution in [2.75, 3.05) is 58.5 Å². The monoisotopic (exact) mass is 453 g/mol. The quantitative estimate of drug-likeness (QED) is 0.485. The molecule has 8 heteroatoms. The van der Waals surface area contributed by atoms with Gasteiger partial charge in [-0.25, -0.2) is 4.98 Å². The van der Waals surface area contributed by atoms with E-state index in [1.165, 1.54) is 11.3 Å². The molecule has 2 heterocycles. The molecule has 1 aliphatic rings. The molecule has 32 heavy (non-hydrogen) atoms. The number of morpholine rings is 1. The Morgan fingerprint density at radius 3 is 2.56 bits per heavy atom. The number of methoxy groups -OCH3 is 2. The van der Waals surface area contributed by atoms with E-state index in [0.29, 0.717) is 28.7 Å². The average Bonchev–Trinajstić information content (AvgIpc) is 3.28. The molecule has 4 rings (SSSR count). The van der Waals surface area contributed by atoms with Crippen molar-refractivity contribution < 1.29 is 19.0 Å². The smallest absolute Gasteiger partial charge is 0.252 e. The Labute approximate surface area is 191 Å². The minimum absolute atomic E-state index is 0.112. The van der Waals surface area contributed by atoms with E-state index in [1.807, 2.05) is 48.5 Å². The van der Waals surface area contributed by atoms with Gasteiger partial charge in [-0.2, -0.15) is 0 Å². The summed E-state index contributed by atoms with van der Waals surface area (Å²) in [6, 6.07) is 13.5. The summed E-state index contributed by atoms with van der Waals surface area (Å²) in [5, 5.41) is 0.624. The van der Waals surface area contributed by atoms with Gasteiger partial charge in [0, 0.05) is 32.3 Å². The molecule has 0 N–H and O–H groups in total. The van der Waals surface area contributed by atoms with E-state index >= 15 is 0 Å². The van der Waals surface area contributed by atoms with Gasteiger partial charge in [0.2, 0.25) is 0 Å². The number of carbonyl (C=O) groups is 1. The zero-order chi connectivity index (χ0) is 22.3. The van der Waals surface area contributed by atoms with E-state index in [9.17, 15) is 4.79 Å². The molecule has 0 aliphatic carbocycles. The van der Waals surface area contributed by atoms with Crippen LogP contribution in [0.2, 0.25) is 0 Å². The van der Waals surface area contributed by atoms with Gasteiger partial charge in [0.1, 0.15) is 21.7 Å². The number of ether oxygens (including phenoxy) is 3. The summed E-state index contributed by atoms with van der Waals surface area (Å²) < 4.78 is 17.3. The molecule has 0 atom stereocenters. The summed E-state index contributed by atoms with van der Waals surface area (Å²) in [5.41, 5.74) is 1.67. The minimum atomic E-state index is -0.112. The number of anilines is 1. The maximum Gasteiger partial charge on any atom is 0.252 e. The minimum Gasteiger partial charge on any atom is -0.495 e. The number of carbonyl (C=O) groups excluding carboxylic acids is 1. The first-order valence-electron chi connectivity index (χ1n) is 10.6. The van der Waals surface area contributed by atoms with Crippen molar-refractivity contribution >= 4 is 38.7 Å². The lowest BCUT2D eigenvalue weighted by Crippen LogP contribution is -2.42. The van der Waals surface area contributed by atoms with Crippen LogP contribution in [0, 0.1) is 0 Å². The number of rotatable bonds is 8. The topological polar surface area (TPSA) is 64.1 Å². The van der Waals surface area contributed by atoms with E-state index < -0.39 is 0 Å². The van der Waals surface area contributed by atoms with Gasteiger partial charge in [0.05, 0.1) is 27.4 Å². The van der Waals surface area contributed by atoms with E-state index in [2.05, 4.69) is 4.90 Å². The lowest BCUT2D eigenvalue weighted by Gasteiger charge is -2.28.